The van der Waals surface area contributed by atoms with Crippen LogP contribution >= 0.6 is 0 Å². The highest BCUT2D eigenvalue weighted by Crippen LogP contribution is 2.22. The zero-order valence-electron chi connectivity index (χ0n) is 7.04. The summed E-state index contributed by atoms with van der Waals surface area (Å²) < 4.78 is 4.85. The molecule has 2 heterocycles. The number of aromatic nitrogens is 2. The summed E-state index contributed by atoms with van der Waals surface area (Å²) in [6.07, 6.45) is 4.30. The Labute approximate surface area is 79.0 Å². The molecule has 0 atom stereocenters. The van der Waals surface area contributed by atoms with Gasteiger partial charge in [-0.25, -0.2) is 4.79 Å². The highest BCUT2D eigenvalue weighted by atomic mass is 16.5. The second kappa shape index (κ2) is 3.29. The number of nitrogens with zero attached hydrogens (tertiary/aromatic N) is 2. The van der Waals surface area contributed by atoms with E-state index in [9.17, 15) is 4.79 Å². The van der Waals surface area contributed by atoms with Crippen molar-refractivity contribution in [2.45, 2.75) is 0 Å². The van der Waals surface area contributed by atoms with Crippen LogP contribution < -0.4 is 0 Å². The fourth-order valence-corrected chi connectivity index (χ4v) is 1.10. The summed E-state index contributed by atoms with van der Waals surface area (Å²) >= 11 is 0. The summed E-state index contributed by atoms with van der Waals surface area (Å²) in [5, 5.41) is 12.2. The molecule has 5 heteroatoms. The van der Waals surface area contributed by atoms with E-state index in [2.05, 4.69) is 10.1 Å². The topological polar surface area (TPSA) is 76.2 Å². The van der Waals surface area contributed by atoms with E-state index in [1.54, 1.807) is 24.5 Å². The van der Waals surface area contributed by atoms with Gasteiger partial charge in [0.2, 0.25) is 0 Å². The van der Waals surface area contributed by atoms with Crippen molar-refractivity contribution in [3.63, 3.8) is 0 Å². The summed E-state index contributed by atoms with van der Waals surface area (Å²) in [4.78, 5) is 14.6. The van der Waals surface area contributed by atoms with Gasteiger partial charge < -0.3 is 9.63 Å². The Hall–Kier alpha value is -2.17. The van der Waals surface area contributed by atoms with E-state index in [-0.39, 0.29) is 11.3 Å². The number of rotatable bonds is 2. The molecule has 0 radical (unpaired) electrons. The average Bonchev–Trinajstić information content (AvgIpc) is 2.67. The minimum Gasteiger partial charge on any atom is -0.477 e. The lowest BCUT2D eigenvalue weighted by molar-refractivity contribution is 0.0697. The number of pyridine rings is 1. The van der Waals surface area contributed by atoms with Gasteiger partial charge in [0.05, 0.1) is 6.20 Å². The van der Waals surface area contributed by atoms with Gasteiger partial charge in [0.25, 0.3) is 0 Å². The van der Waals surface area contributed by atoms with Crippen LogP contribution in [0.5, 0.6) is 0 Å². The summed E-state index contributed by atoms with van der Waals surface area (Å²) in [6, 6.07) is 3.32. The minimum absolute atomic E-state index is 0.0520. The van der Waals surface area contributed by atoms with Gasteiger partial charge in [-0.2, -0.15) is 0 Å². The van der Waals surface area contributed by atoms with Crippen molar-refractivity contribution in [1.29, 1.82) is 0 Å². The molecule has 1 N–H and O–H groups in total. The fourth-order valence-electron chi connectivity index (χ4n) is 1.10. The first-order valence-electron chi connectivity index (χ1n) is 3.87. The van der Waals surface area contributed by atoms with Gasteiger partial charge in [-0.15, -0.1) is 0 Å². The van der Waals surface area contributed by atoms with Crippen LogP contribution in [0.3, 0.4) is 0 Å². The van der Waals surface area contributed by atoms with Gasteiger partial charge in [0.15, 0.2) is 5.76 Å². The van der Waals surface area contributed by atoms with Gasteiger partial charge in [0.1, 0.15) is 5.56 Å². The van der Waals surface area contributed by atoms with Crippen LogP contribution in [-0.4, -0.2) is 21.2 Å². The molecule has 0 saturated heterocycles. The van der Waals surface area contributed by atoms with E-state index in [0.29, 0.717) is 5.56 Å². The summed E-state index contributed by atoms with van der Waals surface area (Å²) in [7, 11) is 0. The monoisotopic (exact) mass is 190 g/mol. The zero-order valence-corrected chi connectivity index (χ0v) is 7.04. The molecule has 5 nitrogen and oxygen atoms in total. The van der Waals surface area contributed by atoms with Crippen molar-refractivity contribution < 1.29 is 14.4 Å². The second-order valence-corrected chi connectivity index (χ2v) is 2.61. The van der Waals surface area contributed by atoms with Crippen LogP contribution in [0.2, 0.25) is 0 Å². The van der Waals surface area contributed by atoms with E-state index in [0.717, 1.165) is 0 Å². The Morgan fingerprint density at radius 1 is 1.36 bits per heavy atom. The number of carboxylic acids is 1. The van der Waals surface area contributed by atoms with Crippen LogP contribution in [-0.2, 0) is 0 Å². The van der Waals surface area contributed by atoms with E-state index in [1.165, 1.54) is 6.20 Å². The van der Waals surface area contributed by atoms with Gasteiger partial charge in [-0.1, -0.05) is 5.16 Å². The van der Waals surface area contributed by atoms with Crippen LogP contribution in [0.4, 0.5) is 0 Å². The van der Waals surface area contributed by atoms with E-state index < -0.39 is 5.97 Å². The lowest BCUT2D eigenvalue weighted by Gasteiger charge is -1.95. The maximum Gasteiger partial charge on any atom is 0.341 e. The van der Waals surface area contributed by atoms with Crippen molar-refractivity contribution in [2.24, 2.45) is 0 Å². The van der Waals surface area contributed by atoms with Crippen molar-refractivity contribution >= 4 is 5.97 Å². The molecule has 0 unspecified atom stereocenters. The van der Waals surface area contributed by atoms with Crippen LogP contribution in [0.15, 0.2) is 35.2 Å². The SMILES string of the molecule is O=C(O)c1cnoc1-c1ccncc1. The Morgan fingerprint density at radius 3 is 2.71 bits per heavy atom. The molecule has 2 aromatic rings. The molecular formula is C9H6N2O3. The highest BCUT2D eigenvalue weighted by molar-refractivity contribution is 5.93. The molecule has 70 valence electrons. The number of carbonyl (C=O) groups is 1. The molecule has 0 fully saturated rings. The minimum atomic E-state index is -1.06. The molecular weight excluding hydrogens is 184 g/mol. The Bertz CT molecular complexity index is 450. The van der Waals surface area contributed by atoms with Crippen molar-refractivity contribution in [3.05, 3.63) is 36.3 Å². The highest BCUT2D eigenvalue weighted by Gasteiger charge is 2.16. The molecule has 0 aliphatic rings. The third-order valence-corrected chi connectivity index (χ3v) is 1.74. The molecule has 0 amide bonds. The quantitative estimate of drug-likeness (QED) is 0.775. The number of hydrogen-bond donors (Lipinski definition) is 1. The van der Waals surface area contributed by atoms with E-state index in [4.69, 9.17) is 9.63 Å². The lowest BCUT2D eigenvalue weighted by Crippen LogP contribution is -1.95. The largest absolute Gasteiger partial charge is 0.477 e. The van der Waals surface area contributed by atoms with E-state index in [1.807, 2.05) is 0 Å². The van der Waals surface area contributed by atoms with Gasteiger partial charge in [-0.3, -0.25) is 4.98 Å². The number of carboxylic acid groups (broad SMARTS) is 1. The predicted molar refractivity (Wildman–Crippen MR) is 46.7 cm³/mol. The van der Waals surface area contributed by atoms with Crippen molar-refractivity contribution in [1.82, 2.24) is 10.1 Å². The molecule has 14 heavy (non-hydrogen) atoms. The standard InChI is InChI=1S/C9H6N2O3/c12-9(13)7-5-11-14-8(7)6-1-3-10-4-2-6/h1-5H,(H,12,13). The summed E-state index contributed by atoms with van der Waals surface area (Å²) in [6.45, 7) is 0. The lowest BCUT2D eigenvalue weighted by atomic mass is 10.1. The van der Waals surface area contributed by atoms with Crippen molar-refractivity contribution in [3.8, 4) is 11.3 Å². The zero-order chi connectivity index (χ0) is 9.97. The van der Waals surface area contributed by atoms with Gasteiger partial charge >= 0.3 is 5.97 Å². The van der Waals surface area contributed by atoms with Crippen LogP contribution in [0.25, 0.3) is 11.3 Å². The molecule has 2 rings (SSSR count). The molecule has 0 saturated carbocycles. The Balaban J connectivity index is 2.52. The third kappa shape index (κ3) is 1.35. The Morgan fingerprint density at radius 2 is 2.07 bits per heavy atom. The maximum atomic E-state index is 10.7. The first-order chi connectivity index (χ1) is 6.79. The van der Waals surface area contributed by atoms with Gasteiger partial charge in [-0.05, 0) is 12.1 Å². The first kappa shape index (κ1) is 8.43. The van der Waals surface area contributed by atoms with Crippen LogP contribution in [0, 0.1) is 0 Å². The third-order valence-electron chi connectivity index (χ3n) is 1.74. The molecule has 0 aromatic carbocycles. The molecule has 2 aromatic heterocycles. The molecule has 0 spiro atoms. The molecule has 0 bridgehead atoms. The predicted octanol–water partition coefficient (Wildman–Crippen LogP) is 1.43. The fraction of sp³-hybridized carbons (Fsp3) is 0. The average molecular weight is 190 g/mol. The number of aromatic carboxylic acids is 1. The maximum absolute atomic E-state index is 10.7. The normalized spacial score (nSPS) is 10.0. The van der Waals surface area contributed by atoms with E-state index >= 15 is 0 Å². The Kier molecular flexibility index (Phi) is 1.98. The number of hydrogen-bond acceptors (Lipinski definition) is 4. The van der Waals surface area contributed by atoms with Crippen molar-refractivity contribution in [2.75, 3.05) is 0 Å². The van der Waals surface area contributed by atoms with Crippen LogP contribution in [0.1, 0.15) is 10.4 Å². The smallest absolute Gasteiger partial charge is 0.341 e. The first-order valence-corrected chi connectivity index (χ1v) is 3.87. The van der Waals surface area contributed by atoms with Gasteiger partial charge in [0, 0.05) is 18.0 Å². The summed E-state index contributed by atoms with van der Waals surface area (Å²) in [5.41, 5.74) is 0.700. The summed E-state index contributed by atoms with van der Waals surface area (Å²) in [5.74, 6) is -0.807. The molecule has 0 aliphatic heterocycles. The second-order valence-electron chi connectivity index (χ2n) is 2.61. The molecule has 0 aliphatic carbocycles.